The molecule has 0 N–H and O–H groups in total. The van der Waals surface area contributed by atoms with Crippen LogP contribution in [0.4, 0.5) is 0 Å². The molecule has 8 atom stereocenters. The van der Waals surface area contributed by atoms with Crippen molar-refractivity contribution in [2.24, 2.45) is 34.5 Å². The molecule has 0 saturated heterocycles. The molecule has 4 heteroatoms. The number of ketones is 1. The minimum atomic E-state index is -0.516. The highest BCUT2D eigenvalue weighted by Gasteiger charge is 2.61. The lowest BCUT2D eigenvalue weighted by Gasteiger charge is -2.60. The van der Waals surface area contributed by atoms with Crippen molar-refractivity contribution in [3.8, 4) is 0 Å². The largest absolute Gasteiger partial charge is 0.455 e. The zero-order valence-electron chi connectivity index (χ0n) is 19.8. The summed E-state index contributed by atoms with van der Waals surface area (Å²) in [6, 6.07) is 10.5. The first-order valence-corrected chi connectivity index (χ1v) is 12.7. The fraction of sp³-hybridized carbons (Fsp3) is 0.714. The summed E-state index contributed by atoms with van der Waals surface area (Å²) in [5, 5.41) is 0. The average molecular weight is 439 g/mol. The third kappa shape index (κ3) is 3.63. The van der Waals surface area contributed by atoms with Crippen LogP contribution in [-0.4, -0.2) is 24.0 Å². The molecule has 4 aliphatic carbocycles. The third-order valence-corrected chi connectivity index (χ3v) is 9.99. The Morgan fingerprint density at radius 1 is 1.00 bits per heavy atom. The van der Waals surface area contributed by atoms with Gasteiger partial charge in [0.1, 0.15) is 0 Å². The van der Waals surface area contributed by atoms with Crippen molar-refractivity contribution < 1.29 is 19.1 Å². The molecule has 4 aliphatic rings. The molecule has 0 amide bonds. The Morgan fingerprint density at radius 2 is 1.75 bits per heavy atom. The Bertz CT molecular complexity index is 865. The summed E-state index contributed by atoms with van der Waals surface area (Å²) in [5.41, 5.74) is 1.56. The molecule has 0 aromatic heterocycles. The molecule has 174 valence electrons. The van der Waals surface area contributed by atoms with E-state index in [0.29, 0.717) is 42.8 Å². The number of fused-ring (bicyclic) bond motifs is 5. The molecule has 4 nitrogen and oxygen atoms in total. The number of benzene rings is 1. The van der Waals surface area contributed by atoms with Crippen molar-refractivity contribution in [1.82, 2.24) is 0 Å². The van der Waals surface area contributed by atoms with E-state index in [1.165, 1.54) is 38.2 Å². The van der Waals surface area contributed by atoms with Gasteiger partial charge in [0.25, 0.3) is 0 Å². The maximum atomic E-state index is 12.9. The van der Waals surface area contributed by atoms with Crippen LogP contribution in [0.5, 0.6) is 0 Å². The summed E-state index contributed by atoms with van der Waals surface area (Å²) in [7, 11) is 0. The summed E-state index contributed by atoms with van der Waals surface area (Å²) < 4.78 is 11.9. The monoisotopic (exact) mass is 438 g/mol. The first kappa shape index (κ1) is 22.1. The van der Waals surface area contributed by atoms with Gasteiger partial charge in [-0.3, -0.25) is 9.59 Å². The van der Waals surface area contributed by atoms with Gasteiger partial charge >= 0.3 is 5.97 Å². The SMILES string of the molecule is CC(=O)O[C@@H]1C[C@@H]2CC[C@@H]3[C@H](CC[C@]4(C)[C@@H](OCc5ccccc5)CC[C@@H]34)[C@@]2(C)CC1=O. The summed E-state index contributed by atoms with van der Waals surface area (Å²) >= 11 is 0. The van der Waals surface area contributed by atoms with Crippen molar-refractivity contribution in [2.45, 2.75) is 91.0 Å². The van der Waals surface area contributed by atoms with Crippen LogP contribution < -0.4 is 0 Å². The van der Waals surface area contributed by atoms with Crippen molar-refractivity contribution >= 4 is 11.8 Å². The molecule has 4 fully saturated rings. The normalized spacial score (nSPS) is 43.2. The lowest BCUT2D eigenvalue weighted by Crippen LogP contribution is -2.56. The van der Waals surface area contributed by atoms with E-state index in [1.54, 1.807) is 0 Å². The zero-order chi connectivity index (χ0) is 22.5. The molecule has 0 bridgehead atoms. The standard InChI is InChI=1S/C28H38O4/c1-18(29)32-25-15-20-9-10-21-22-11-12-26(31-17-19-7-5-4-6-8-19)27(22,2)14-13-23(21)28(20,3)16-24(25)30/h4-8,20-23,25-26H,9-17H2,1-3H3/t20-,21-,22-,23-,25+,26-,27-,28-/m0/s1. The number of hydrogen-bond acceptors (Lipinski definition) is 4. The Balaban J connectivity index is 1.30. The number of ether oxygens (including phenoxy) is 2. The second-order valence-corrected chi connectivity index (χ2v) is 11.5. The lowest BCUT2D eigenvalue weighted by molar-refractivity contribution is -0.172. The molecule has 0 heterocycles. The van der Waals surface area contributed by atoms with E-state index in [0.717, 1.165) is 19.3 Å². The van der Waals surface area contributed by atoms with E-state index < -0.39 is 6.10 Å². The Hall–Kier alpha value is -1.68. The van der Waals surface area contributed by atoms with Gasteiger partial charge in [-0.15, -0.1) is 0 Å². The van der Waals surface area contributed by atoms with E-state index in [9.17, 15) is 9.59 Å². The highest BCUT2D eigenvalue weighted by molar-refractivity contribution is 5.86. The summed E-state index contributed by atoms with van der Waals surface area (Å²) in [6.45, 7) is 6.97. The molecule has 0 radical (unpaired) electrons. The van der Waals surface area contributed by atoms with Crippen molar-refractivity contribution in [2.75, 3.05) is 0 Å². The van der Waals surface area contributed by atoms with Crippen molar-refractivity contribution in [1.29, 1.82) is 0 Å². The van der Waals surface area contributed by atoms with E-state index >= 15 is 0 Å². The molecule has 1 aromatic rings. The summed E-state index contributed by atoms with van der Waals surface area (Å²) in [6.07, 6.45) is 8.33. The van der Waals surface area contributed by atoms with Gasteiger partial charge in [-0.1, -0.05) is 44.2 Å². The topological polar surface area (TPSA) is 52.6 Å². The van der Waals surface area contributed by atoms with E-state index in [-0.39, 0.29) is 22.6 Å². The predicted octanol–water partition coefficient (Wildman–Crippen LogP) is 5.73. The van der Waals surface area contributed by atoms with Crippen LogP contribution in [0.25, 0.3) is 0 Å². The van der Waals surface area contributed by atoms with Gasteiger partial charge in [0, 0.05) is 13.3 Å². The molecular weight excluding hydrogens is 400 g/mol. The molecule has 5 rings (SSSR count). The number of Topliss-reactive ketones (excluding diaryl/α,β-unsaturated/α-hetero) is 1. The fourth-order valence-electron chi connectivity index (χ4n) is 8.39. The van der Waals surface area contributed by atoms with E-state index in [1.807, 2.05) is 0 Å². The fourth-order valence-corrected chi connectivity index (χ4v) is 8.39. The molecule has 4 saturated carbocycles. The van der Waals surface area contributed by atoms with Gasteiger partial charge in [-0.25, -0.2) is 0 Å². The predicted molar refractivity (Wildman–Crippen MR) is 123 cm³/mol. The van der Waals surface area contributed by atoms with Crippen LogP contribution in [0.2, 0.25) is 0 Å². The minimum Gasteiger partial charge on any atom is -0.455 e. The maximum Gasteiger partial charge on any atom is 0.303 e. The van der Waals surface area contributed by atoms with Gasteiger partial charge in [-0.2, -0.15) is 0 Å². The van der Waals surface area contributed by atoms with Crippen LogP contribution in [0.3, 0.4) is 0 Å². The number of hydrogen-bond donors (Lipinski definition) is 0. The zero-order valence-corrected chi connectivity index (χ0v) is 19.8. The number of rotatable bonds is 4. The van der Waals surface area contributed by atoms with Gasteiger partial charge in [-0.05, 0) is 85.0 Å². The van der Waals surface area contributed by atoms with E-state index in [4.69, 9.17) is 9.47 Å². The van der Waals surface area contributed by atoms with Gasteiger partial charge < -0.3 is 9.47 Å². The number of carbonyl (C=O) groups is 2. The Labute approximate surface area is 192 Å². The minimum absolute atomic E-state index is 0.0565. The van der Waals surface area contributed by atoms with E-state index in [2.05, 4.69) is 44.2 Å². The van der Waals surface area contributed by atoms with Crippen molar-refractivity contribution in [3.63, 3.8) is 0 Å². The van der Waals surface area contributed by atoms with Crippen LogP contribution >= 0.6 is 0 Å². The Kier molecular flexibility index (Phi) is 5.72. The molecule has 0 aliphatic heterocycles. The first-order chi connectivity index (χ1) is 15.3. The van der Waals surface area contributed by atoms with Crippen molar-refractivity contribution in [3.05, 3.63) is 35.9 Å². The maximum absolute atomic E-state index is 12.9. The van der Waals surface area contributed by atoms with Gasteiger partial charge in [0.05, 0.1) is 12.7 Å². The highest BCUT2D eigenvalue weighted by atomic mass is 16.5. The number of esters is 1. The molecule has 0 spiro atoms. The van der Waals surface area contributed by atoms with Crippen LogP contribution in [0, 0.1) is 34.5 Å². The Morgan fingerprint density at radius 3 is 2.50 bits per heavy atom. The second-order valence-electron chi connectivity index (χ2n) is 11.5. The molecule has 1 aromatic carbocycles. The lowest BCUT2D eigenvalue weighted by atomic mass is 9.45. The average Bonchev–Trinajstić information content (AvgIpc) is 3.10. The summed E-state index contributed by atoms with van der Waals surface area (Å²) in [4.78, 5) is 24.4. The molecule has 32 heavy (non-hydrogen) atoms. The molecule has 0 unspecified atom stereocenters. The number of carbonyl (C=O) groups excluding carboxylic acids is 2. The van der Waals surface area contributed by atoms with Gasteiger partial charge in [0.2, 0.25) is 0 Å². The quantitative estimate of drug-likeness (QED) is 0.564. The van der Waals surface area contributed by atoms with Crippen LogP contribution in [0.15, 0.2) is 30.3 Å². The first-order valence-electron chi connectivity index (χ1n) is 12.7. The summed E-state index contributed by atoms with van der Waals surface area (Å²) in [5.74, 6) is 2.29. The smallest absolute Gasteiger partial charge is 0.303 e. The van der Waals surface area contributed by atoms with Crippen LogP contribution in [-0.2, 0) is 25.7 Å². The third-order valence-electron chi connectivity index (χ3n) is 9.99. The van der Waals surface area contributed by atoms with Crippen LogP contribution in [0.1, 0.15) is 77.7 Å². The van der Waals surface area contributed by atoms with Gasteiger partial charge in [0.15, 0.2) is 11.9 Å². The molecular formula is C28H38O4. The second kappa shape index (κ2) is 8.27. The highest BCUT2D eigenvalue weighted by Crippen LogP contribution is 2.66.